The van der Waals surface area contributed by atoms with Gasteiger partial charge in [0.15, 0.2) is 0 Å². The monoisotopic (exact) mass is 311 g/mol. The van der Waals surface area contributed by atoms with E-state index >= 15 is 0 Å². The fourth-order valence-corrected chi connectivity index (χ4v) is 2.93. The molecule has 4 heteroatoms. The normalized spacial score (nSPS) is 15.7. The Bertz CT molecular complexity index is 684. The molecule has 2 unspecified atom stereocenters. The van der Waals surface area contributed by atoms with E-state index < -0.39 is 6.10 Å². The maximum Gasteiger partial charge on any atom is 0.338 e. The molecule has 2 atom stereocenters. The molecule has 0 aromatic heterocycles. The first kappa shape index (κ1) is 15.6. The summed E-state index contributed by atoms with van der Waals surface area (Å²) in [5, 5.41) is 13.9. The molecule has 0 saturated heterocycles. The number of hydrogen-bond acceptors (Lipinski definition) is 4. The largest absolute Gasteiger partial charge is 0.457 e. The molecule has 1 heterocycles. The van der Waals surface area contributed by atoms with Gasteiger partial charge in [0.25, 0.3) is 0 Å². The summed E-state index contributed by atoms with van der Waals surface area (Å²) in [4.78, 5) is 11.5. The molecule has 4 nitrogen and oxygen atoms in total. The summed E-state index contributed by atoms with van der Waals surface area (Å²) in [6, 6.07) is 15.3. The number of anilines is 1. The predicted octanol–water partition coefficient (Wildman–Crippen LogP) is 3.67. The molecular weight excluding hydrogens is 290 g/mol. The number of ether oxygens (including phenoxy) is 1. The Morgan fingerprint density at radius 1 is 1.22 bits per heavy atom. The van der Waals surface area contributed by atoms with E-state index in [0.717, 1.165) is 29.7 Å². The third-order valence-corrected chi connectivity index (χ3v) is 4.13. The highest BCUT2D eigenvalue weighted by Gasteiger charge is 2.23. The minimum Gasteiger partial charge on any atom is -0.457 e. The van der Waals surface area contributed by atoms with E-state index in [1.807, 2.05) is 42.5 Å². The van der Waals surface area contributed by atoms with Crippen LogP contribution in [0.4, 0.5) is 5.69 Å². The minimum atomic E-state index is -0.478. The maximum atomic E-state index is 11.5. The molecule has 0 bridgehead atoms. The van der Waals surface area contributed by atoms with Crippen LogP contribution < -0.4 is 5.32 Å². The highest BCUT2D eigenvalue weighted by atomic mass is 16.5. The Morgan fingerprint density at radius 3 is 2.74 bits per heavy atom. The molecular formula is C19H21NO3. The van der Waals surface area contributed by atoms with Crippen LogP contribution >= 0.6 is 0 Å². The first-order valence-electron chi connectivity index (χ1n) is 7.98. The van der Waals surface area contributed by atoms with Crippen LogP contribution in [0.2, 0.25) is 0 Å². The zero-order valence-corrected chi connectivity index (χ0v) is 13.2. The first-order chi connectivity index (χ1) is 11.2. The lowest BCUT2D eigenvalue weighted by molar-refractivity contribution is 0.0535. The molecule has 0 radical (unpaired) electrons. The van der Waals surface area contributed by atoms with E-state index in [4.69, 9.17) is 4.74 Å². The average molecular weight is 311 g/mol. The van der Waals surface area contributed by atoms with Gasteiger partial charge in [-0.15, -0.1) is 0 Å². The molecule has 3 rings (SSSR count). The number of rotatable bonds is 6. The lowest BCUT2D eigenvalue weighted by atomic mass is 9.97. The number of fused-ring (bicyclic) bond motifs is 1. The molecule has 2 N–H and O–H groups in total. The van der Waals surface area contributed by atoms with Crippen molar-refractivity contribution in [2.75, 3.05) is 5.32 Å². The Hall–Kier alpha value is -2.33. The second-order valence-electron chi connectivity index (χ2n) is 5.84. The van der Waals surface area contributed by atoms with E-state index in [0.29, 0.717) is 12.2 Å². The summed E-state index contributed by atoms with van der Waals surface area (Å²) in [6.07, 6.45) is 1.16. The van der Waals surface area contributed by atoms with Gasteiger partial charge in [-0.2, -0.15) is 0 Å². The first-order valence-corrected chi connectivity index (χ1v) is 7.98. The number of carbonyl (C=O) groups excluding carboxylic acids is 1. The van der Waals surface area contributed by atoms with Gasteiger partial charge in [-0.25, -0.2) is 4.79 Å². The maximum absolute atomic E-state index is 11.5. The van der Waals surface area contributed by atoms with Gasteiger partial charge in [0.05, 0.1) is 17.7 Å². The van der Waals surface area contributed by atoms with Crippen molar-refractivity contribution in [3.05, 3.63) is 65.2 Å². The molecule has 0 amide bonds. The summed E-state index contributed by atoms with van der Waals surface area (Å²) < 4.78 is 5.04. The fourth-order valence-electron chi connectivity index (χ4n) is 2.93. The summed E-state index contributed by atoms with van der Waals surface area (Å²) in [6.45, 7) is 2.38. The van der Waals surface area contributed by atoms with Crippen molar-refractivity contribution in [3.8, 4) is 0 Å². The Labute approximate surface area is 136 Å². The van der Waals surface area contributed by atoms with Crippen LogP contribution in [0.5, 0.6) is 0 Å². The summed E-state index contributed by atoms with van der Waals surface area (Å²) >= 11 is 0. The van der Waals surface area contributed by atoms with Crippen molar-refractivity contribution < 1.29 is 14.6 Å². The fraction of sp³-hybridized carbons (Fsp3) is 0.316. The number of aliphatic hydroxyl groups is 1. The van der Waals surface area contributed by atoms with Crippen LogP contribution in [0.1, 0.15) is 47.3 Å². The summed E-state index contributed by atoms with van der Waals surface area (Å²) in [7, 11) is 0. The van der Waals surface area contributed by atoms with Gasteiger partial charge in [-0.1, -0.05) is 43.7 Å². The lowest BCUT2D eigenvalue weighted by Crippen LogP contribution is -2.25. The number of benzene rings is 2. The minimum absolute atomic E-state index is 0.188. The van der Waals surface area contributed by atoms with Gasteiger partial charge in [-0.3, -0.25) is 0 Å². The number of esters is 1. The zero-order valence-electron chi connectivity index (χ0n) is 13.2. The molecule has 1 aliphatic rings. The number of cyclic esters (lactones) is 1. The average Bonchev–Trinajstić information content (AvgIpc) is 2.94. The van der Waals surface area contributed by atoms with Crippen molar-refractivity contribution in [1.82, 2.24) is 0 Å². The molecule has 120 valence electrons. The number of hydrogen-bond donors (Lipinski definition) is 2. The van der Waals surface area contributed by atoms with Crippen molar-refractivity contribution in [3.63, 3.8) is 0 Å². The van der Waals surface area contributed by atoms with Gasteiger partial charge in [-0.05, 0) is 30.2 Å². The van der Waals surface area contributed by atoms with Crippen LogP contribution in [-0.4, -0.2) is 17.2 Å². The summed E-state index contributed by atoms with van der Waals surface area (Å²) in [5.41, 5.74) is 3.44. The lowest BCUT2D eigenvalue weighted by Gasteiger charge is -2.25. The van der Waals surface area contributed by atoms with Gasteiger partial charge in [0.1, 0.15) is 6.61 Å². The SMILES string of the molecule is CCCC(O)C(Nc1ccc2c(c1)COC2=O)c1ccccc1. The Balaban J connectivity index is 1.85. The second-order valence-corrected chi connectivity index (χ2v) is 5.84. The van der Waals surface area contributed by atoms with Crippen LogP contribution in [0.25, 0.3) is 0 Å². The predicted molar refractivity (Wildman–Crippen MR) is 89.3 cm³/mol. The third-order valence-electron chi connectivity index (χ3n) is 4.13. The Morgan fingerprint density at radius 2 is 2.00 bits per heavy atom. The van der Waals surface area contributed by atoms with Gasteiger partial charge >= 0.3 is 5.97 Å². The van der Waals surface area contributed by atoms with Crippen LogP contribution in [-0.2, 0) is 11.3 Å². The standard InChI is InChI=1S/C19H21NO3/c1-2-6-17(21)18(13-7-4-3-5-8-13)20-15-9-10-16-14(11-15)12-23-19(16)22/h3-5,7-11,17-18,20-21H,2,6,12H2,1H3. The third kappa shape index (κ3) is 3.37. The highest BCUT2D eigenvalue weighted by Crippen LogP contribution is 2.28. The molecule has 0 spiro atoms. The van der Waals surface area contributed by atoms with Crippen LogP contribution in [0.3, 0.4) is 0 Å². The van der Waals surface area contributed by atoms with E-state index in [1.54, 1.807) is 6.07 Å². The molecule has 2 aromatic rings. The molecule has 1 aliphatic heterocycles. The second kappa shape index (κ2) is 6.84. The molecule has 0 fully saturated rings. The van der Waals surface area contributed by atoms with Gasteiger partial charge < -0.3 is 15.2 Å². The van der Waals surface area contributed by atoms with E-state index in [-0.39, 0.29) is 12.0 Å². The quantitative estimate of drug-likeness (QED) is 0.799. The van der Waals surface area contributed by atoms with Gasteiger partial charge in [0, 0.05) is 11.3 Å². The van der Waals surface area contributed by atoms with Crippen molar-refractivity contribution in [1.29, 1.82) is 0 Å². The summed E-state index contributed by atoms with van der Waals surface area (Å²) in [5.74, 6) is -0.267. The highest BCUT2D eigenvalue weighted by molar-refractivity contribution is 5.93. The molecule has 2 aromatic carbocycles. The van der Waals surface area contributed by atoms with Crippen molar-refractivity contribution >= 4 is 11.7 Å². The molecule has 0 aliphatic carbocycles. The van der Waals surface area contributed by atoms with Crippen LogP contribution in [0.15, 0.2) is 48.5 Å². The van der Waals surface area contributed by atoms with Crippen LogP contribution in [0, 0.1) is 0 Å². The molecule has 0 saturated carbocycles. The number of aliphatic hydroxyl groups excluding tert-OH is 1. The topological polar surface area (TPSA) is 58.6 Å². The van der Waals surface area contributed by atoms with Crippen molar-refractivity contribution in [2.45, 2.75) is 38.5 Å². The molecule has 23 heavy (non-hydrogen) atoms. The Kier molecular flexibility index (Phi) is 4.63. The zero-order chi connectivity index (χ0) is 16.2. The smallest absolute Gasteiger partial charge is 0.338 e. The van der Waals surface area contributed by atoms with E-state index in [1.165, 1.54) is 0 Å². The van der Waals surface area contributed by atoms with E-state index in [9.17, 15) is 9.90 Å². The van der Waals surface area contributed by atoms with E-state index in [2.05, 4.69) is 12.2 Å². The van der Waals surface area contributed by atoms with Crippen molar-refractivity contribution in [2.24, 2.45) is 0 Å². The van der Waals surface area contributed by atoms with Gasteiger partial charge in [0.2, 0.25) is 0 Å². The number of nitrogens with one attached hydrogen (secondary N) is 1. The number of carbonyl (C=O) groups is 1.